The van der Waals surface area contributed by atoms with E-state index in [4.69, 9.17) is 9.39 Å². The summed E-state index contributed by atoms with van der Waals surface area (Å²) in [6.45, 7) is 19.3. The molecule has 0 aromatic rings. The van der Waals surface area contributed by atoms with Crippen LogP contribution in [0.25, 0.3) is 0 Å². The van der Waals surface area contributed by atoms with Crippen molar-refractivity contribution in [1.82, 2.24) is 9.80 Å². The van der Waals surface area contributed by atoms with Gasteiger partial charge in [-0.25, -0.2) is 0 Å². The molecule has 8 heteroatoms. The molecule has 0 aliphatic carbocycles. The fraction of sp³-hybridized carbons (Fsp3) is 0.810. The highest BCUT2D eigenvalue weighted by molar-refractivity contribution is 9.09. The van der Waals surface area contributed by atoms with Gasteiger partial charge in [0.05, 0.1) is 6.54 Å². The van der Waals surface area contributed by atoms with Crippen LogP contribution in [0.4, 0.5) is 0 Å². The van der Waals surface area contributed by atoms with E-state index < -0.39 is 0 Å². The van der Waals surface area contributed by atoms with Crippen LogP contribution in [0.5, 0.6) is 0 Å². The molecule has 0 aliphatic rings. The maximum Gasteiger partial charge on any atom is 0.414 e. The standard InChI is InChI=1S/C21H41BBrN3O3/c1-6-13-28-14-8-9-25(7-2)17-20(3)16-21(4,18-23)19-26(10-12-27)11-15-29-22-24-5/h12,16,22H,5-11,13-15,17-19H2,1-4H3/b20-16+/t21-/m1/s1. The molecule has 0 fully saturated rings. The molecule has 0 rings (SSSR count). The molecule has 29 heavy (non-hydrogen) atoms. The summed E-state index contributed by atoms with van der Waals surface area (Å²) in [5, 5.41) is 0.832. The number of hydrogen-bond donors (Lipinski definition) is 0. The van der Waals surface area contributed by atoms with Crippen molar-refractivity contribution >= 4 is 36.6 Å². The highest BCUT2D eigenvalue weighted by atomic mass is 79.9. The third-order valence-electron chi connectivity index (χ3n) is 4.58. The van der Waals surface area contributed by atoms with Crippen LogP contribution in [0.3, 0.4) is 0 Å². The first-order valence-corrected chi connectivity index (χ1v) is 11.8. The molecule has 0 aromatic heterocycles. The summed E-state index contributed by atoms with van der Waals surface area (Å²) < 4.78 is 11.0. The summed E-state index contributed by atoms with van der Waals surface area (Å²) in [5.41, 5.74) is 1.29. The van der Waals surface area contributed by atoms with Gasteiger partial charge < -0.3 is 19.1 Å². The van der Waals surface area contributed by atoms with Gasteiger partial charge in [0.1, 0.15) is 6.29 Å². The average Bonchev–Trinajstić information content (AvgIpc) is 2.70. The predicted molar refractivity (Wildman–Crippen MR) is 129 cm³/mol. The topological polar surface area (TPSA) is 54.4 Å². The van der Waals surface area contributed by atoms with Crippen molar-refractivity contribution in [3.05, 3.63) is 11.6 Å². The Labute approximate surface area is 187 Å². The van der Waals surface area contributed by atoms with Crippen molar-refractivity contribution in [1.29, 1.82) is 0 Å². The maximum absolute atomic E-state index is 11.1. The molecule has 0 aromatic carbocycles. The Kier molecular flexibility index (Phi) is 17.9. The second-order valence-electron chi connectivity index (χ2n) is 7.78. The number of rotatable bonds is 20. The Balaban J connectivity index is 4.74. The van der Waals surface area contributed by atoms with Gasteiger partial charge >= 0.3 is 7.62 Å². The first-order valence-electron chi connectivity index (χ1n) is 10.6. The third-order valence-corrected chi connectivity index (χ3v) is 5.86. The van der Waals surface area contributed by atoms with Gasteiger partial charge in [0.25, 0.3) is 0 Å². The second kappa shape index (κ2) is 18.3. The van der Waals surface area contributed by atoms with Crippen LogP contribution in [-0.2, 0) is 14.2 Å². The van der Waals surface area contributed by atoms with E-state index in [1.54, 1.807) is 0 Å². The van der Waals surface area contributed by atoms with E-state index in [-0.39, 0.29) is 5.41 Å². The Morgan fingerprint density at radius 1 is 1.24 bits per heavy atom. The molecule has 168 valence electrons. The molecular formula is C21H41BBrN3O3. The summed E-state index contributed by atoms with van der Waals surface area (Å²) in [6, 6.07) is 0. The number of likely N-dealkylation sites (N-methyl/N-ethyl adjacent to an activating group) is 1. The van der Waals surface area contributed by atoms with E-state index in [1.165, 1.54) is 5.57 Å². The van der Waals surface area contributed by atoms with Gasteiger partial charge in [-0.1, -0.05) is 48.4 Å². The van der Waals surface area contributed by atoms with Crippen molar-refractivity contribution in [3.8, 4) is 0 Å². The van der Waals surface area contributed by atoms with Crippen molar-refractivity contribution < 1.29 is 14.2 Å². The van der Waals surface area contributed by atoms with Gasteiger partial charge in [-0.2, -0.15) is 0 Å². The van der Waals surface area contributed by atoms with Crippen LogP contribution >= 0.6 is 15.9 Å². The Hall–Kier alpha value is -0.535. The van der Waals surface area contributed by atoms with E-state index >= 15 is 0 Å². The Bertz CT molecular complexity index is 468. The highest BCUT2D eigenvalue weighted by Crippen LogP contribution is 2.25. The highest BCUT2D eigenvalue weighted by Gasteiger charge is 2.24. The largest absolute Gasteiger partial charge is 0.417 e. The summed E-state index contributed by atoms with van der Waals surface area (Å²) in [7, 11) is 0.292. The predicted octanol–water partition coefficient (Wildman–Crippen LogP) is 2.96. The molecule has 0 bridgehead atoms. The van der Waals surface area contributed by atoms with Gasteiger partial charge in [0.15, 0.2) is 0 Å². The molecule has 0 spiro atoms. The van der Waals surface area contributed by atoms with Crippen molar-refractivity contribution in [3.63, 3.8) is 0 Å². The van der Waals surface area contributed by atoms with E-state index in [9.17, 15) is 4.79 Å². The van der Waals surface area contributed by atoms with Crippen LogP contribution < -0.4 is 0 Å². The number of alkyl halides is 1. The Morgan fingerprint density at radius 3 is 2.59 bits per heavy atom. The van der Waals surface area contributed by atoms with Gasteiger partial charge in [-0.15, -0.1) is 0 Å². The lowest BCUT2D eigenvalue weighted by Gasteiger charge is -2.32. The molecule has 0 unspecified atom stereocenters. The summed E-state index contributed by atoms with van der Waals surface area (Å²) in [4.78, 5) is 19.4. The summed E-state index contributed by atoms with van der Waals surface area (Å²) in [5.74, 6) is 0. The van der Waals surface area contributed by atoms with E-state index in [1.807, 2.05) is 0 Å². The Morgan fingerprint density at radius 2 is 2.00 bits per heavy atom. The lowest BCUT2D eigenvalue weighted by atomic mass is 9.90. The lowest BCUT2D eigenvalue weighted by Crippen LogP contribution is -2.39. The molecule has 0 N–H and O–H groups in total. The molecule has 0 aliphatic heterocycles. The summed E-state index contributed by atoms with van der Waals surface area (Å²) in [6.07, 6.45) is 5.44. The normalized spacial score (nSPS) is 14.2. The molecule has 0 amide bonds. The first-order chi connectivity index (χ1) is 13.9. The van der Waals surface area contributed by atoms with Crippen LogP contribution in [0, 0.1) is 5.41 Å². The van der Waals surface area contributed by atoms with Crippen molar-refractivity contribution in [2.45, 2.75) is 40.5 Å². The van der Waals surface area contributed by atoms with Crippen LogP contribution in [0.1, 0.15) is 40.5 Å². The number of carbonyl (C=O) groups excluding carboxylic acids is 1. The maximum atomic E-state index is 11.1. The first kappa shape index (κ1) is 28.5. The molecule has 0 saturated heterocycles. The number of hydrogen-bond acceptors (Lipinski definition) is 6. The van der Waals surface area contributed by atoms with E-state index in [0.717, 1.165) is 63.9 Å². The SMILES string of the molecule is C=NBOCCN(CC=O)C[C@](C)(/C=C(\C)CN(CC)CCCOCCC)CBr. The molecule has 0 saturated carbocycles. The van der Waals surface area contributed by atoms with Crippen LogP contribution in [0.15, 0.2) is 16.6 Å². The minimum absolute atomic E-state index is 0.0621. The second-order valence-corrected chi connectivity index (χ2v) is 8.34. The fourth-order valence-corrected chi connectivity index (χ4v) is 3.62. The fourth-order valence-electron chi connectivity index (χ4n) is 3.28. The number of aldehydes is 1. The third kappa shape index (κ3) is 15.0. The van der Waals surface area contributed by atoms with E-state index in [2.05, 4.69) is 71.1 Å². The number of halogens is 1. The van der Waals surface area contributed by atoms with Crippen LogP contribution in [0.2, 0.25) is 0 Å². The number of nitrogens with zero attached hydrogens (tertiary/aromatic N) is 3. The summed E-state index contributed by atoms with van der Waals surface area (Å²) >= 11 is 3.68. The minimum atomic E-state index is -0.0621. The van der Waals surface area contributed by atoms with Gasteiger partial charge in [-0.3, -0.25) is 9.80 Å². The zero-order valence-electron chi connectivity index (χ0n) is 19.0. The molecule has 6 nitrogen and oxygen atoms in total. The smallest absolute Gasteiger partial charge is 0.414 e. The quantitative estimate of drug-likeness (QED) is 0.0679. The molecular weight excluding hydrogens is 433 g/mol. The molecule has 1 atom stereocenters. The molecule has 0 radical (unpaired) electrons. The van der Waals surface area contributed by atoms with Gasteiger partial charge in [-0.05, 0) is 33.0 Å². The zero-order valence-corrected chi connectivity index (χ0v) is 20.6. The number of carbonyl (C=O) groups is 1. The molecule has 0 heterocycles. The average molecular weight is 474 g/mol. The number of ether oxygens (including phenoxy) is 1. The minimum Gasteiger partial charge on any atom is -0.417 e. The lowest BCUT2D eigenvalue weighted by molar-refractivity contribution is -0.109. The zero-order chi connectivity index (χ0) is 22.0. The van der Waals surface area contributed by atoms with E-state index in [0.29, 0.717) is 27.3 Å². The van der Waals surface area contributed by atoms with Gasteiger partial charge in [0.2, 0.25) is 0 Å². The monoisotopic (exact) mass is 473 g/mol. The van der Waals surface area contributed by atoms with Crippen molar-refractivity contribution in [2.75, 3.05) is 64.4 Å². The van der Waals surface area contributed by atoms with Crippen LogP contribution in [-0.4, -0.2) is 94.8 Å². The van der Waals surface area contributed by atoms with Gasteiger partial charge in [0, 0.05) is 56.7 Å². The van der Waals surface area contributed by atoms with Crippen molar-refractivity contribution in [2.24, 2.45) is 10.3 Å².